The van der Waals surface area contributed by atoms with Gasteiger partial charge < -0.3 is 10.2 Å². The molecule has 4 heteroatoms. The van der Waals surface area contributed by atoms with Crippen molar-refractivity contribution in [3.8, 4) is 6.07 Å². The maximum absolute atomic E-state index is 11.9. The number of hydrogen-bond donors (Lipinski definition) is 1. The Kier molecular flexibility index (Phi) is 7.38. The smallest absolute Gasteiger partial charge is 0.225 e. The monoisotopic (exact) mass is 273 g/mol. The van der Waals surface area contributed by atoms with Crippen molar-refractivity contribution in [1.82, 2.24) is 4.90 Å². The van der Waals surface area contributed by atoms with Crippen LogP contribution in [0.15, 0.2) is 24.3 Å². The molecule has 0 unspecified atom stereocenters. The molecule has 0 aliphatic heterocycles. The molecule has 0 aliphatic rings. The Morgan fingerprint density at radius 1 is 1.35 bits per heavy atom. The van der Waals surface area contributed by atoms with Gasteiger partial charge in [0.2, 0.25) is 5.91 Å². The van der Waals surface area contributed by atoms with Gasteiger partial charge in [-0.15, -0.1) is 0 Å². The number of rotatable bonds is 8. The van der Waals surface area contributed by atoms with Crippen molar-refractivity contribution in [1.29, 1.82) is 5.26 Å². The summed E-state index contributed by atoms with van der Waals surface area (Å²) in [4.78, 5) is 14.2. The minimum absolute atomic E-state index is 0.00459. The second kappa shape index (κ2) is 9.11. The largest absolute Gasteiger partial charge is 0.326 e. The number of carbonyl (C=O) groups excluding carboxylic acids is 1. The fraction of sp³-hybridized carbons (Fsp3) is 0.500. The molecule has 0 fully saturated rings. The minimum atomic E-state index is -0.00459. The van der Waals surface area contributed by atoms with Gasteiger partial charge in [-0.3, -0.25) is 4.79 Å². The molecule has 4 nitrogen and oxygen atoms in total. The van der Waals surface area contributed by atoms with Crippen LogP contribution in [-0.2, 0) is 4.79 Å². The lowest BCUT2D eigenvalue weighted by molar-refractivity contribution is -0.116. The van der Waals surface area contributed by atoms with Crippen LogP contribution in [0.25, 0.3) is 0 Å². The van der Waals surface area contributed by atoms with E-state index >= 15 is 0 Å². The highest BCUT2D eigenvalue weighted by atomic mass is 16.1. The van der Waals surface area contributed by atoms with Gasteiger partial charge in [-0.05, 0) is 37.7 Å². The highest BCUT2D eigenvalue weighted by Crippen LogP contribution is 2.10. The molecule has 0 atom stereocenters. The average Bonchev–Trinajstić information content (AvgIpc) is 2.47. The highest BCUT2D eigenvalue weighted by Gasteiger charge is 2.07. The van der Waals surface area contributed by atoms with E-state index in [-0.39, 0.29) is 5.91 Å². The van der Waals surface area contributed by atoms with Crippen LogP contribution in [0.1, 0.15) is 38.7 Å². The second-order valence-corrected chi connectivity index (χ2v) is 4.78. The number of unbranched alkanes of at least 4 members (excludes halogenated alkanes) is 1. The second-order valence-electron chi connectivity index (χ2n) is 4.78. The van der Waals surface area contributed by atoms with Crippen molar-refractivity contribution in [2.24, 2.45) is 0 Å². The van der Waals surface area contributed by atoms with Crippen LogP contribution >= 0.6 is 0 Å². The zero-order chi connectivity index (χ0) is 14.8. The summed E-state index contributed by atoms with van der Waals surface area (Å²) in [6, 6.07) is 9.04. The normalized spacial score (nSPS) is 10.3. The van der Waals surface area contributed by atoms with Crippen molar-refractivity contribution in [3.05, 3.63) is 29.8 Å². The number of benzene rings is 1. The fourth-order valence-corrected chi connectivity index (χ4v) is 1.96. The first-order chi connectivity index (χ1) is 9.69. The van der Waals surface area contributed by atoms with Gasteiger partial charge in [0, 0.05) is 18.7 Å². The van der Waals surface area contributed by atoms with Gasteiger partial charge in [-0.2, -0.15) is 5.26 Å². The topological polar surface area (TPSA) is 56.1 Å². The Morgan fingerprint density at radius 3 is 2.80 bits per heavy atom. The van der Waals surface area contributed by atoms with Crippen molar-refractivity contribution < 1.29 is 4.79 Å². The summed E-state index contributed by atoms with van der Waals surface area (Å²) in [5.74, 6) is -0.00459. The molecular weight excluding hydrogens is 250 g/mol. The van der Waals surface area contributed by atoms with Crippen LogP contribution < -0.4 is 5.32 Å². The molecule has 1 aromatic carbocycles. The zero-order valence-electron chi connectivity index (χ0n) is 12.4. The molecule has 20 heavy (non-hydrogen) atoms. The first-order valence-electron chi connectivity index (χ1n) is 7.22. The molecule has 0 radical (unpaired) electrons. The van der Waals surface area contributed by atoms with Crippen molar-refractivity contribution in [3.63, 3.8) is 0 Å². The standard InChI is InChI=1S/C16H23N3O/c1-3-5-10-19(4-2)11-9-16(20)18-15-8-6-7-14(12-15)13-17/h6-8,12H,3-5,9-11H2,1-2H3,(H,18,20). The van der Waals surface area contributed by atoms with Gasteiger partial charge in [0.15, 0.2) is 0 Å². The number of nitrogens with one attached hydrogen (secondary N) is 1. The molecular formula is C16H23N3O. The van der Waals surface area contributed by atoms with Crippen molar-refractivity contribution in [2.45, 2.75) is 33.1 Å². The van der Waals surface area contributed by atoms with Crippen LogP contribution in [0.3, 0.4) is 0 Å². The molecule has 0 aliphatic carbocycles. The molecule has 0 heterocycles. The highest BCUT2D eigenvalue weighted by molar-refractivity contribution is 5.90. The Labute approximate surface area is 121 Å². The van der Waals surface area contributed by atoms with Crippen LogP contribution in [0, 0.1) is 11.3 Å². The number of hydrogen-bond acceptors (Lipinski definition) is 3. The van der Waals surface area contributed by atoms with Gasteiger partial charge in [-0.1, -0.05) is 26.3 Å². The fourth-order valence-electron chi connectivity index (χ4n) is 1.96. The maximum Gasteiger partial charge on any atom is 0.225 e. The van der Waals surface area contributed by atoms with E-state index in [0.717, 1.165) is 19.6 Å². The predicted octanol–water partition coefficient (Wildman–Crippen LogP) is 3.01. The van der Waals surface area contributed by atoms with Crippen LogP contribution in [-0.4, -0.2) is 30.4 Å². The summed E-state index contributed by atoms with van der Waals surface area (Å²) in [6.07, 6.45) is 2.82. The Hall–Kier alpha value is -1.86. The Bertz CT molecular complexity index is 465. The summed E-state index contributed by atoms with van der Waals surface area (Å²) < 4.78 is 0. The van der Waals surface area contributed by atoms with Gasteiger partial charge in [0.05, 0.1) is 11.6 Å². The third-order valence-electron chi connectivity index (χ3n) is 3.21. The van der Waals surface area contributed by atoms with E-state index in [1.54, 1.807) is 24.3 Å². The molecule has 0 aromatic heterocycles. The third-order valence-corrected chi connectivity index (χ3v) is 3.21. The third kappa shape index (κ3) is 5.85. The molecule has 1 amide bonds. The average molecular weight is 273 g/mol. The molecule has 0 saturated heterocycles. The van der Waals surface area contributed by atoms with E-state index < -0.39 is 0 Å². The lowest BCUT2D eigenvalue weighted by atomic mass is 10.2. The molecule has 1 aromatic rings. The zero-order valence-corrected chi connectivity index (χ0v) is 12.4. The Balaban J connectivity index is 2.41. The first-order valence-corrected chi connectivity index (χ1v) is 7.22. The van der Waals surface area contributed by atoms with E-state index in [9.17, 15) is 4.79 Å². The summed E-state index contributed by atoms with van der Waals surface area (Å²) in [7, 11) is 0. The van der Waals surface area contributed by atoms with Gasteiger partial charge in [-0.25, -0.2) is 0 Å². The summed E-state index contributed by atoms with van der Waals surface area (Å²) in [5, 5.41) is 11.7. The molecule has 1 N–H and O–H groups in total. The molecule has 0 bridgehead atoms. The summed E-state index contributed by atoms with van der Waals surface area (Å²) >= 11 is 0. The van der Waals surface area contributed by atoms with Gasteiger partial charge in [0.1, 0.15) is 0 Å². The predicted molar refractivity (Wildman–Crippen MR) is 81.4 cm³/mol. The number of carbonyl (C=O) groups is 1. The van der Waals surface area contributed by atoms with Gasteiger partial charge >= 0.3 is 0 Å². The van der Waals surface area contributed by atoms with E-state index in [4.69, 9.17) is 5.26 Å². The number of amides is 1. The molecule has 1 rings (SSSR count). The quantitative estimate of drug-likeness (QED) is 0.792. The van der Waals surface area contributed by atoms with Gasteiger partial charge in [0.25, 0.3) is 0 Å². The van der Waals surface area contributed by atoms with E-state index in [1.807, 2.05) is 0 Å². The number of nitrogens with zero attached hydrogens (tertiary/aromatic N) is 2. The first kappa shape index (κ1) is 16.2. The number of anilines is 1. The molecule has 0 spiro atoms. The van der Waals surface area contributed by atoms with Crippen LogP contribution in [0.5, 0.6) is 0 Å². The Morgan fingerprint density at radius 2 is 2.15 bits per heavy atom. The van der Waals surface area contributed by atoms with Crippen LogP contribution in [0.4, 0.5) is 5.69 Å². The summed E-state index contributed by atoms with van der Waals surface area (Å²) in [6.45, 7) is 7.08. The molecule has 108 valence electrons. The van der Waals surface area contributed by atoms with E-state index in [2.05, 4.69) is 30.1 Å². The SMILES string of the molecule is CCCCN(CC)CCC(=O)Nc1cccc(C#N)c1. The van der Waals surface area contributed by atoms with Crippen molar-refractivity contribution >= 4 is 11.6 Å². The van der Waals surface area contributed by atoms with E-state index in [1.165, 1.54) is 12.8 Å². The lowest BCUT2D eigenvalue weighted by Gasteiger charge is -2.19. The molecule has 0 saturated carbocycles. The summed E-state index contributed by atoms with van der Waals surface area (Å²) in [5.41, 5.74) is 1.24. The maximum atomic E-state index is 11.9. The van der Waals surface area contributed by atoms with E-state index in [0.29, 0.717) is 17.7 Å². The van der Waals surface area contributed by atoms with Crippen molar-refractivity contribution in [2.75, 3.05) is 25.0 Å². The number of nitriles is 1. The lowest BCUT2D eigenvalue weighted by Crippen LogP contribution is -2.28. The minimum Gasteiger partial charge on any atom is -0.326 e. The van der Waals surface area contributed by atoms with Crippen LogP contribution in [0.2, 0.25) is 0 Å².